The summed E-state index contributed by atoms with van der Waals surface area (Å²) < 4.78 is 15.7. The summed E-state index contributed by atoms with van der Waals surface area (Å²) >= 11 is 0. The van der Waals surface area contributed by atoms with Crippen LogP contribution < -0.4 is 9.47 Å². The van der Waals surface area contributed by atoms with Crippen LogP contribution in [0.3, 0.4) is 0 Å². The lowest BCUT2D eigenvalue weighted by Gasteiger charge is -2.14. The first-order valence-corrected chi connectivity index (χ1v) is 10.2. The second-order valence-corrected chi connectivity index (χ2v) is 7.44. The largest absolute Gasteiger partial charge is 0.485 e. The SMILES string of the molecule is Cn1cnc(-c2cc(Oc3ccc([N+](=O)[O-])cc3OCc3ccccc3)c3ccnn3c2)c1. The van der Waals surface area contributed by atoms with Crippen LogP contribution in [0.15, 0.2) is 85.6 Å². The Kier molecular flexibility index (Phi) is 5.19. The molecule has 33 heavy (non-hydrogen) atoms. The Balaban J connectivity index is 1.53. The van der Waals surface area contributed by atoms with Gasteiger partial charge in [-0.2, -0.15) is 5.10 Å². The van der Waals surface area contributed by atoms with Crippen LogP contribution >= 0.6 is 0 Å². The Morgan fingerprint density at radius 3 is 2.61 bits per heavy atom. The number of aromatic nitrogens is 4. The average molecular weight is 441 g/mol. The van der Waals surface area contributed by atoms with Crippen molar-refractivity contribution in [1.82, 2.24) is 19.2 Å². The summed E-state index contributed by atoms with van der Waals surface area (Å²) in [5.41, 5.74) is 3.17. The summed E-state index contributed by atoms with van der Waals surface area (Å²) in [4.78, 5) is 15.3. The van der Waals surface area contributed by atoms with Crippen molar-refractivity contribution in [2.75, 3.05) is 0 Å². The highest BCUT2D eigenvalue weighted by Crippen LogP contribution is 2.38. The maximum absolute atomic E-state index is 11.3. The molecule has 0 N–H and O–H groups in total. The monoisotopic (exact) mass is 441 g/mol. The van der Waals surface area contributed by atoms with E-state index in [1.807, 2.05) is 66.5 Å². The topological polar surface area (TPSA) is 96.7 Å². The average Bonchev–Trinajstić information content (AvgIpc) is 3.48. The van der Waals surface area contributed by atoms with Crippen LogP contribution in [-0.4, -0.2) is 24.1 Å². The van der Waals surface area contributed by atoms with Gasteiger partial charge in [0.05, 0.1) is 29.2 Å². The van der Waals surface area contributed by atoms with E-state index >= 15 is 0 Å². The van der Waals surface area contributed by atoms with Crippen LogP contribution in [0.5, 0.6) is 17.2 Å². The van der Waals surface area contributed by atoms with E-state index < -0.39 is 4.92 Å². The highest BCUT2D eigenvalue weighted by Gasteiger charge is 2.17. The van der Waals surface area contributed by atoms with Crippen molar-refractivity contribution < 1.29 is 14.4 Å². The predicted octanol–water partition coefficient (Wildman–Crippen LogP) is 5.01. The highest BCUT2D eigenvalue weighted by molar-refractivity contribution is 5.69. The predicted molar refractivity (Wildman–Crippen MR) is 121 cm³/mol. The van der Waals surface area contributed by atoms with Gasteiger partial charge in [0.1, 0.15) is 12.1 Å². The van der Waals surface area contributed by atoms with E-state index in [0.717, 1.165) is 22.3 Å². The van der Waals surface area contributed by atoms with Gasteiger partial charge in [-0.25, -0.2) is 9.50 Å². The molecule has 3 heterocycles. The molecule has 0 aliphatic heterocycles. The molecule has 9 heteroatoms. The third-order valence-electron chi connectivity index (χ3n) is 5.07. The van der Waals surface area contributed by atoms with Crippen LogP contribution in [0.1, 0.15) is 5.56 Å². The van der Waals surface area contributed by atoms with E-state index in [2.05, 4.69) is 10.1 Å². The highest BCUT2D eigenvalue weighted by atomic mass is 16.6. The number of rotatable bonds is 7. The lowest BCUT2D eigenvalue weighted by atomic mass is 10.2. The van der Waals surface area contributed by atoms with Gasteiger partial charge in [0.15, 0.2) is 17.2 Å². The standard InChI is InChI=1S/C24H19N5O4/c1-27-14-20(25-16-27)18-11-23(21-9-10-26-28(21)13-18)33-22-8-7-19(29(30)31)12-24(22)32-15-17-5-3-2-4-6-17/h2-14,16H,15H2,1H3. The molecule has 2 aromatic carbocycles. The van der Waals surface area contributed by atoms with Crippen molar-refractivity contribution in [3.63, 3.8) is 0 Å². The fourth-order valence-electron chi connectivity index (χ4n) is 3.44. The molecule has 0 atom stereocenters. The number of hydrogen-bond acceptors (Lipinski definition) is 6. The summed E-state index contributed by atoms with van der Waals surface area (Å²) in [5.74, 6) is 1.15. The lowest BCUT2D eigenvalue weighted by molar-refractivity contribution is -0.385. The number of pyridine rings is 1. The zero-order chi connectivity index (χ0) is 22.8. The fraction of sp³-hybridized carbons (Fsp3) is 0.0833. The molecule has 0 amide bonds. The molecule has 164 valence electrons. The molecule has 0 unspecified atom stereocenters. The van der Waals surface area contributed by atoms with E-state index in [1.165, 1.54) is 12.1 Å². The van der Waals surface area contributed by atoms with E-state index in [9.17, 15) is 10.1 Å². The molecule has 0 saturated carbocycles. The molecule has 0 fully saturated rings. The molecule has 3 aromatic heterocycles. The van der Waals surface area contributed by atoms with Crippen molar-refractivity contribution in [2.24, 2.45) is 7.05 Å². The van der Waals surface area contributed by atoms with E-state index in [-0.39, 0.29) is 18.0 Å². The van der Waals surface area contributed by atoms with Crippen molar-refractivity contribution in [1.29, 1.82) is 0 Å². The first kappa shape index (κ1) is 20.3. The van der Waals surface area contributed by atoms with Crippen LogP contribution in [0.4, 0.5) is 5.69 Å². The minimum absolute atomic E-state index is 0.0813. The van der Waals surface area contributed by atoms with Gasteiger partial charge in [0.25, 0.3) is 5.69 Å². The normalized spacial score (nSPS) is 10.9. The molecule has 5 rings (SSSR count). The summed E-state index contributed by atoms with van der Waals surface area (Å²) in [6.45, 7) is 0.244. The molecular formula is C24H19N5O4. The summed E-state index contributed by atoms with van der Waals surface area (Å²) in [5, 5.41) is 15.7. The van der Waals surface area contributed by atoms with Gasteiger partial charge < -0.3 is 14.0 Å². The van der Waals surface area contributed by atoms with Gasteiger partial charge in [-0.15, -0.1) is 0 Å². The fourth-order valence-corrected chi connectivity index (χ4v) is 3.44. The van der Waals surface area contributed by atoms with Gasteiger partial charge >= 0.3 is 0 Å². The van der Waals surface area contributed by atoms with Gasteiger partial charge in [-0.05, 0) is 23.8 Å². The quantitative estimate of drug-likeness (QED) is 0.260. The first-order valence-electron chi connectivity index (χ1n) is 10.2. The number of non-ortho nitro benzene ring substituents is 1. The van der Waals surface area contributed by atoms with E-state index in [1.54, 1.807) is 23.1 Å². The third kappa shape index (κ3) is 4.24. The van der Waals surface area contributed by atoms with Crippen LogP contribution in [0, 0.1) is 10.1 Å². The van der Waals surface area contributed by atoms with Crippen molar-refractivity contribution in [2.45, 2.75) is 6.61 Å². The maximum atomic E-state index is 11.3. The third-order valence-corrected chi connectivity index (χ3v) is 5.07. The molecule has 5 aromatic rings. The zero-order valence-electron chi connectivity index (χ0n) is 17.7. The molecule has 0 aliphatic rings. The van der Waals surface area contributed by atoms with Crippen LogP contribution in [0.25, 0.3) is 16.8 Å². The number of nitro groups is 1. The minimum Gasteiger partial charge on any atom is -0.485 e. The molecular weight excluding hydrogens is 422 g/mol. The van der Waals surface area contributed by atoms with Crippen molar-refractivity contribution in [3.05, 3.63) is 101 Å². The first-order chi connectivity index (χ1) is 16.1. The van der Waals surface area contributed by atoms with Gasteiger partial charge in [-0.3, -0.25) is 10.1 Å². The number of nitrogens with zero attached hydrogens (tertiary/aromatic N) is 5. The molecule has 0 spiro atoms. The zero-order valence-corrected chi connectivity index (χ0v) is 17.7. The van der Waals surface area contributed by atoms with Crippen molar-refractivity contribution >= 4 is 11.2 Å². The number of hydrogen-bond donors (Lipinski definition) is 0. The number of aryl methyl sites for hydroxylation is 1. The van der Waals surface area contributed by atoms with Gasteiger partial charge in [-0.1, -0.05) is 30.3 Å². The van der Waals surface area contributed by atoms with E-state index in [4.69, 9.17) is 9.47 Å². The van der Waals surface area contributed by atoms with Gasteiger partial charge in [0.2, 0.25) is 0 Å². The summed E-state index contributed by atoms with van der Waals surface area (Å²) in [6.07, 6.45) is 7.16. The Morgan fingerprint density at radius 1 is 1.00 bits per heavy atom. The Bertz CT molecular complexity index is 1440. The summed E-state index contributed by atoms with van der Waals surface area (Å²) in [7, 11) is 1.90. The number of imidazole rings is 1. The van der Waals surface area contributed by atoms with Gasteiger partial charge in [0, 0.05) is 31.1 Å². The van der Waals surface area contributed by atoms with Crippen molar-refractivity contribution in [3.8, 4) is 28.5 Å². The Labute approximate surface area is 188 Å². The number of fused-ring (bicyclic) bond motifs is 1. The Hall–Kier alpha value is -4.66. The molecule has 0 radical (unpaired) electrons. The van der Waals surface area contributed by atoms with E-state index in [0.29, 0.717) is 11.5 Å². The smallest absolute Gasteiger partial charge is 0.273 e. The second kappa shape index (κ2) is 8.46. The lowest BCUT2D eigenvalue weighted by Crippen LogP contribution is -2.00. The Morgan fingerprint density at radius 2 is 1.85 bits per heavy atom. The molecule has 0 saturated heterocycles. The molecule has 0 bridgehead atoms. The number of benzene rings is 2. The van der Waals surface area contributed by atoms with Crippen LogP contribution in [0.2, 0.25) is 0 Å². The summed E-state index contributed by atoms with van der Waals surface area (Å²) in [6, 6.07) is 17.6. The second-order valence-electron chi connectivity index (χ2n) is 7.44. The molecule has 9 nitrogen and oxygen atoms in total. The number of nitro benzene ring substituents is 1. The maximum Gasteiger partial charge on any atom is 0.273 e. The molecule has 0 aliphatic carbocycles. The van der Waals surface area contributed by atoms with Crippen LogP contribution in [-0.2, 0) is 13.7 Å². The minimum atomic E-state index is -0.462. The number of ether oxygens (including phenoxy) is 2.